The molecule has 0 radical (unpaired) electrons. The first kappa shape index (κ1) is 18.5. The van der Waals surface area contributed by atoms with Crippen molar-refractivity contribution in [2.75, 3.05) is 24.9 Å². The van der Waals surface area contributed by atoms with Crippen LogP contribution in [0.4, 0.5) is 11.6 Å². The first-order valence-electron chi connectivity index (χ1n) is 9.06. The molecule has 29 heavy (non-hydrogen) atoms. The van der Waals surface area contributed by atoms with Crippen molar-refractivity contribution < 1.29 is 14.3 Å². The van der Waals surface area contributed by atoms with Crippen molar-refractivity contribution in [3.8, 4) is 11.5 Å². The Morgan fingerprint density at radius 1 is 1.14 bits per heavy atom. The van der Waals surface area contributed by atoms with Crippen LogP contribution in [0.2, 0.25) is 0 Å². The van der Waals surface area contributed by atoms with Crippen LogP contribution in [0.25, 0.3) is 0 Å². The second-order valence-corrected chi connectivity index (χ2v) is 6.54. The Morgan fingerprint density at radius 2 is 1.93 bits per heavy atom. The molecule has 148 valence electrons. The number of carbonyl (C=O) groups excluding carboxylic acids is 1. The summed E-state index contributed by atoms with van der Waals surface area (Å²) in [6, 6.07) is 14.3. The number of ether oxygens (including phenoxy) is 2. The molecule has 1 aliphatic rings. The number of amides is 1. The maximum absolute atomic E-state index is 13.3. The highest BCUT2D eigenvalue weighted by atomic mass is 16.5. The fourth-order valence-electron chi connectivity index (χ4n) is 3.60. The number of rotatable bonds is 5. The van der Waals surface area contributed by atoms with Gasteiger partial charge in [-0.25, -0.2) is 4.68 Å². The molecule has 2 aromatic carbocycles. The normalized spacial score (nSPS) is 17.8. The van der Waals surface area contributed by atoms with Crippen LogP contribution >= 0.6 is 0 Å². The van der Waals surface area contributed by atoms with Crippen LogP contribution in [0.5, 0.6) is 11.5 Å². The zero-order valence-electron chi connectivity index (χ0n) is 16.1. The fraction of sp³-hybridized carbons (Fsp3) is 0.190. The Morgan fingerprint density at radius 3 is 2.66 bits per heavy atom. The van der Waals surface area contributed by atoms with Crippen LogP contribution < -0.4 is 20.1 Å². The number of para-hydroxylation sites is 2. The number of nitrogens with zero attached hydrogens (tertiary/aromatic N) is 3. The van der Waals surface area contributed by atoms with Crippen molar-refractivity contribution >= 4 is 17.5 Å². The topological polar surface area (TPSA) is 90.3 Å². The van der Waals surface area contributed by atoms with E-state index in [0.29, 0.717) is 28.8 Å². The van der Waals surface area contributed by atoms with E-state index in [2.05, 4.69) is 27.3 Å². The number of nitrogens with one attached hydrogen (secondary N) is 2. The number of anilines is 2. The molecule has 8 nitrogen and oxygen atoms in total. The Bertz CT molecular complexity index is 1050. The molecule has 0 aliphatic carbocycles. The van der Waals surface area contributed by atoms with Gasteiger partial charge < -0.3 is 20.1 Å². The molecule has 0 spiro atoms. The largest absolute Gasteiger partial charge is 0.493 e. The summed E-state index contributed by atoms with van der Waals surface area (Å²) in [4.78, 5) is 17.5. The summed E-state index contributed by atoms with van der Waals surface area (Å²) in [6.07, 6.45) is 1.44. The number of hydrogen-bond acceptors (Lipinski definition) is 6. The van der Waals surface area contributed by atoms with E-state index in [4.69, 9.17) is 9.47 Å². The molecule has 1 aliphatic heterocycles. The summed E-state index contributed by atoms with van der Waals surface area (Å²) < 4.78 is 12.7. The van der Waals surface area contributed by atoms with Gasteiger partial charge in [-0.3, -0.25) is 4.79 Å². The third-order valence-electron chi connectivity index (χ3n) is 4.88. The highest BCUT2D eigenvalue weighted by Crippen LogP contribution is 2.44. The van der Waals surface area contributed by atoms with Crippen LogP contribution in [0, 0.1) is 5.92 Å². The lowest BCUT2D eigenvalue weighted by Gasteiger charge is -2.34. The molecular weight excluding hydrogens is 370 g/mol. The lowest BCUT2D eigenvalue weighted by atomic mass is 9.87. The van der Waals surface area contributed by atoms with Crippen molar-refractivity contribution in [3.05, 3.63) is 72.7 Å². The third kappa shape index (κ3) is 3.29. The SMILES string of the molecule is C=C1Nc2ncnn2C(c2cccc(OC)c2OC)C1C(=O)Nc1ccccc1. The standard InChI is InChI=1S/C21H21N5O3/c1-13-17(20(27)25-14-8-5-4-6-9-14)18(26-21(24-13)22-12-23-26)15-10-7-11-16(28-2)19(15)29-3/h4-12,17-18H,1H2,2-3H3,(H,25,27)(H,22,23,24). The quantitative estimate of drug-likeness (QED) is 0.695. The van der Waals surface area contributed by atoms with Crippen molar-refractivity contribution in [3.63, 3.8) is 0 Å². The predicted molar refractivity (Wildman–Crippen MR) is 109 cm³/mol. The van der Waals surface area contributed by atoms with E-state index in [1.165, 1.54) is 6.33 Å². The van der Waals surface area contributed by atoms with Gasteiger partial charge in [0.05, 0.1) is 14.2 Å². The van der Waals surface area contributed by atoms with E-state index in [-0.39, 0.29) is 5.91 Å². The number of hydrogen-bond donors (Lipinski definition) is 2. The average molecular weight is 391 g/mol. The molecule has 3 aromatic rings. The van der Waals surface area contributed by atoms with Crippen LogP contribution in [-0.4, -0.2) is 34.9 Å². The number of carbonyl (C=O) groups is 1. The summed E-state index contributed by atoms with van der Waals surface area (Å²) in [5, 5.41) is 10.4. The number of aromatic nitrogens is 3. The van der Waals surface area contributed by atoms with E-state index < -0.39 is 12.0 Å². The van der Waals surface area contributed by atoms with E-state index >= 15 is 0 Å². The highest BCUT2D eigenvalue weighted by molar-refractivity contribution is 5.95. The molecule has 0 saturated carbocycles. The lowest BCUT2D eigenvalue weighted by molar-refractivity contribution is -0.119. The van der Waals surface area contributed by atoms with Gasteiger partial charge in [-0.05, 0) is 18.2 Å². The van der Waals surface area contributed by atoms with Gasteiger partial charge in [-0.1, -0.05) is 36.9 Å². The Kier molecular flexibility index (Phi) is 4.90. The number of benzene rings is 2. The molecule has 4 rings (SSSR count). The van der Waals surface area contributed by atoms with E-state index in [1.54, 1.807) is 25.0 Å². The van der Waals surface area contributed by atoms with Gasteiger partial charge in [0.15, 0.2) is 11.5 Å². The molecule has 2 atom stereocenters. The molecular formula is C21H21N5O3. The summed E-state index contributed by atoms with van der Waals surface area (Å²) in [7, 11) is 3.14. The van der Waals surface area contributed by atoms with E-state index in [0.717, 1.165) is 5.56 Å². The minimum Gasteiger partial charge on any atom is -0.493 e. The Labute approximate surface area is 168 Å². The maximum atomic E-state index is 13.3. The van der Waals surface area contributed by atoms with Gasteiger partial charge in [-0.2, -0.15) is 10.1 Å². The summed E-state index contributed by atoms with van der Waals surface area (Å²) in [5.74, 6) is 0.732. The molecule has 0 bridgehead atoms. The minimum atomic E-state index is -0.662. The van der Waals surface area contributed by atoms with Gasteiger partial charge in [0.25, 0.3) is 0 Å². The second-order valence-electron chi connectivity index (χ2n) is 6.54. The van der Waals surface area contributed by atoms with Crippen LogP contribution in [0.1, 0.15) is 11.6 Å². The Balaban J connectivity index is 1.82. The smallest absolute Gasteiger partial charge is 0.235 e. The molecule has 0 fully saturated rings. The second kappa shape index (κ2) is 7.67. The zero-order valence-corrected chi connectivity index (χ0v) is 16.1. The summed E-state index contributed by atoms with van der Waals surface area (Å²) in [6.45, 7) is 4.09. The monoisotopic (exact) mass is 391 g/mol. The molecule has 2 N–H and O–H groups in total. The molecule has 2 heterocycles. The number of methoxy groups -OCH3 is 2. The molecule has 1 aromatic heterocycles. The summed E-state index contributed by atoms with van der Waals surface area (Å²) >= 11 is 0. The predicted octanol–water partition coefficient (Wildman–Crippen LogP) is 3.08. The van der Waals surface area contributed by atoms with Crippen LogP contribution in [-0.2, 0) is 4.79 Å². The fourth-order valence-corrected chi connectivity index (χ4v) is 3.60. The Hall–Kier alpha value is -3.81. The summed E-state index contributed by atoms with van der Waals surface area (Å²) in [5.41, 5.74) is 1.97. The minimum absolute atomic E-state index is 0.218. The highest BCUT2D eigenvalue weighted by Gasteiger charge is 2.41. The molecule has 8 heteroatoms. The van der Waals surface area contributed by atoms with Crippen molar-refractivity contribution in [2.24, 2.45) is 5.92 Å². The average Bonchev–Trinajstić information content (AvgIpc) is 3.20. The first-order valence-corrected chi connectivity index (χ1v) is 9.06. The van der Waals surface area contributed by atoms with Crippen molar-refractivity contribution in [2.45, 2.75) is 6.04 Å². The molecule has 2 unspecified atom stereocenters. The van der Waals surface area contributed by atoms with Crippen LogP contribution in [0.3, 0.4) is 0 Å². The van der Waals surface area contributed by atoms with Gasteiger partial charge in [-0.15, -0.1) is 0 Å². The maximum Gasteiger partial charge on any atom is 0.235 e. The van der Waals surface area contributed by atoms with Gasteiger partial charge >= 0.3 is 0 Å². The first-order chi connectivity index (χ1) is 14.1. The zero-order chi connectivity index (χ0) is 20.4. The van der Waals surface area contributed by atoms with E-state index in [1.807, 2.05) is 42.5 Å². The van der Waals surface area contributed by atoms with Crippen LogP contribution in [0.15, 0.2) is 67.1 Å². The lowest BCUT2D eigenvalue weighted by Crippen LogP contribution is -2.39. The third-order valence-corrected chi connectivity index (χ3v) is 4.88. The van der Waals surface area contributed by atoms with Crippen molar-refractivity contribution in [1.29, 1.82) is 0 Å². The van der Waals surface area contributed by atoms with Crippen molar-refractivity contribution in [1.82, 2.24) is 14.8 Å². The van der Waals surface area contributed by atoms with E-state index in [9.17, 15) is 4.79 Å². The number of fused-ring (bicyclic) bond motifs is 1. The van der Waals surface area contributed by atoms with Gasteiger partial charge in [0.2, 0.25) is 11.9 Å². The molecule has 1 amide bonds. The molecule has 0 saturated heterocycles. The van der Waals surface area contributed by atoms with Gasteiger partial charge in [0.1, 0.15) is 18.3 Å². The van der Waals surface area contributed by atoms with Gasteiger partial charge in [0, 0.05) is 16.9 Å².